The van der Waals surface area contributed by atoms with E-state index in [-0.39, 0.29) is 11.7 Å². The van der Waals surface area contributed by atoms with Gasteiger partial charge in [-0.1, -0.05) is 12.8 Å². The standard InChI is InChI=1S/C14H24N2O4S/c17-10-4-2-1-3-9-16-21(18,19)14-8-7-13(20-14)11-15-12-5-6-12/h7-8,12,15-17H,1-6,9-11H2. The third kappa shape index (κ3) is 5.78. The van der Waals surface area contributed by atoms with Gasteiger partial charge in [0.2, 0.25) is 5.09 Å². The van der Waals surface area contributed by atoms with Crippen molar-refractivity contribution in [3.63, 3.8) is 0 Å². The molecule has 1 aliphatic rings. The summed E-state index contributed by atoms with van der Waals surface area (Å²) < 4.78 is 32.0. The molecular formula is C14H24N2O4S. The molecule has 0 spiro atoms. The van der Waals surface area contributed by atoms with Gasteiger partial charge in [0.15, 0.2) is 0 Å². The van der Waals surface area contributed by atoms with Crippen LogP contribution >= 0.6 is 0 Å². The first-order valence-corrected chi connectivity index (χ1v) is 9.03. The van der Waals surface area contributed by atoms with Crippen LogP contribution in [0.15, 0.2) is 21.6 Å². The Morgan fingerprint density at radius 3 is 2.67 bits per heavy atom. The van der Waals surface area contributed by atoms with E-state index in [4.69, 9.17) is 9.52 Å². The Bertz CT molecular complexity index is 523. The third-order valence-corrected chi connectivity index (χ3v) is 4.75. The van der Waals surface area contributed by atoms with Gasteiger partial charge in [0, 0.05) is 19.2 Å². The van der Waals surface area contributed by atoms with E-state index in [2.05, 4.69) is 10.0 Å². The predicted octanol–water partition coefficient (Wildman–Crippen LogP) is 1.36. The van der Waals surface area contributed by atoms with E-state index in [1.54, 1.807) is 6.07 Å². The molecule has 2 rings (SSSR count). The smallest absolute Gasteiger partial charge is 0.273 e. The van der Waals surface area contributed by atoms with Crippen molar-refractivity contribution in [1.82, 2.24) is 10.0 Å². The highest BCUT2D eigenvalue weighted by Crippen LogP contribution is 2.20. The SMILES string of the molecule is O=S(=O)(NCCCCCCO)c1ccc(CNC2CC2)o1. The van der Waals surface area contributed by atoms with Crippen LogP contribution < -0.4 is 10.0 Å². The quantitative estimate of drug-likeness (QED) is 0.536. The van der Waals surface area contributed by atoms with Gasteiger partial charge in [-0.3, -0.25) is 0 Å². The summed E-state index contributed by atoms with van der Waals surface area (Å²) in [5.74, 6) is 0.644. The summed E-state index contributed by atoms with van der Waals surface area (Å²) in [6.45, 7) is 1.15. The number of rotatable bonds is 11. The van der Waals surface area contributed by atoms with Crippen molar-refractivity contribution >= 4 is 10.0 Å². The average molecular weight is 316 g/mol. The second-order valence-electron chi connectivity index (χ2n) is 5.41. The van der Waals surface area contributed by atoms with Gasteiger partial charge < -0.3 is 14.8 Å². The summed E-state index contributed by atoms with van der Waals surface area (Å²) in [5.41, 5.74) is 0. The van der Waals surface area contributed by atoms with Gasteiger partial charge in [-0.25, -0.2) is 13.1 Å². The Morgan fingerprint density at radius 2 is 1.95 bits per heavy atom. The molecule has 1 aromatic heterocycles. The molecule has 7 heteroatoms. The van der Waals surface area contributed by atoms with Crippen molar-refractivity contribution in [2.45, 2.75) is 56.2 Å². The maximum absolute atomic E-state index is 12.0. The molecule has 1 aromatic rings. The molecule has 0 aliphatic heterocycles. The minimum absolute atomic E-state index is 0.0227. The van der Waals surface area contributed by atoms with E-state index < -0.39 is 10.0 Å². The van der Waals surface area contributed by atoms with Gasteiger partial charge in [0.1, 0.15) is 5.76 Å². The highest BCUT2D eigenvalue weighted by molar-refractivity contribution is 7.89. The van der Waals surface area contributed by atoms with Crippen LogP contribution in [0.5, 0.6) is 0 Å². The van der Waals surface area contributed by atoms with Gasteiger partial charge in [-0.05, 0) is 37.8 Å². The van der Waals surface area contributed by atoms with Crippen LogP contribution in [0.2, 0.25) is 0 Å². The molecule has 3 N–H and O–H groups in total. The van der Waals surface area contributed by atoms with Gasteiger partial charge in [-0.2, -0.15) is 0 Å². The Balaban J connectivity index is 1.73. The number of hydrogen-bond acceptors (Lipinski definition) is 5. The molecule has 1 saturated carbocycles. The number of hydrogen-bond donors (Lipinski definition) is 3. The molecular weight excluding hydrogens is 292 g/mol. The maximum atomic E-state index is 12.0. The summed E-state index contributed by atoms with van der Waals surface area (Å²) in [6, 6.07) is 3.76. The van der Waals surface area contributed by atoms with Gasteiger partial charge >= 0.3 is 0 Å². The first kappa shape index (κ1) is 16.5. The zero-order chi connectivity index (χ0) is 15.1. The molecule has 0 bridgehead atoms. The molecule has 0 unspecified atom stereocenters. The number of aliphatic hydroxyl groups is 1. The summed E-state index contributed by atoms with van der Waals surface area (Å²) in [4.78, 5) is 0. The van der Waals surface area contributed by atoms with Crippen LogP contribution in [0.1, 0.15) is 44.3 Å². The first-order valence-electron chi connectivity index (χ1n) is 7.54. The number of unbranched alkanes of at least 4 members (excludes halogenated alkanes) is 3. The van der Waals surface area contributed by atoms with E-state index >= 15 is 0 Å². The lowest BCUT2D eigenvalue weighted by Crippen LogP contribution is -2.24. The van der Waals surface area contributed by atoms with Gasteiger partial charge in [-0.15, -0.1) is 0 Å². The molecule has 0 saturated heterocycles. The fourth-order valence-electron chi connectivity index (χ4n) is 2.00. The van der Waals surface area contributed by atoms with Crippen LogP contribution in [0.3, 0.4) is 0 Å². The van der Waals surface area contributed by atoms with E-state index in [1.165, 1.54) is 18.9 Å². The zero-order valence-corrected chi connectivity index (χ0v) is 13.0. The summed E-state index contributed by atoms with van der Waals surface area (Å²) >= 11 is 0. The molecule has 1 heterocycles. The monoisotopic (exact) mass is 316 g/mol. The van der Waals surface area contributed by atoms with Crippen molar-refractivity contribution < 1.29 is 17.9 Å². The van der Waals surface area contributed by atoms with E-state index in [1.807, 2.05) is 0 Å². The largest absolute Gasteiger partial charge is 0.447 e. The summed E-state index contributed by atoms with van der Waals surface area (Å²) in [5, 5.41) is 11.9. The molecule has 0 atom stereocenters. The Hall–Kier alpha value is -0.890. The molecule has 0 aromatic carbocycles. The Morgan fingerprint density at radius 1 is 1.19 bits per heavy atom. The Labute approximate surface area is 126 Å². The van der Waals surface area contributed by atoms with Gasteiger partial charge in [0.05, 0.1) is 6.54 Å². The van der Waals surface area contributed by atoms with E-state index in [0.29, 0.717) is 24.9 Å². The van der Waals surface area contributed by atoms with Crippen molar-refractivity contribution in [2.75, 3.05) is 13.2 Å². The summed E-state index contributed by atoms with van der Waals surface area (Å²) in [7, 11) is -3.55. The van der Waals surface area contributed by atoms with Crippen LogP contribution in [0.25, 0.3) is 0 Å². The van der Waals surface area contributed by atoms with Crippen LogP contribution in [-0.4, -0.2) is 32.7 Å². The second kappa shape index (κ2) is 7.93. The number of aliphatic hydroxyl groups excluding tert-OH is 1. The zero-order valence-electron chi connectivity index (χ0n) is 12.2. The van der Waals surface area contributed by atoms with Crippen molar-refractivity contribution in [3.8, 4) is 0 Å². The van der Waals surface area contributed by atoms with Crippen molar-refractivity contribution in [2.24, 2.45) is 0 Å². The lowest BCUT2D eigenvalue weighted by atomic mass is 10.2. The molecule has 1 fully saturated rings. The molecule has 120 valence electrons. The number of furan rings is 1. The van der Waals surface area contributed by atoms with Crippen molar-refractivity contribution in [3.05, 3.63) is 17.9 Å². The lowest BCUT2D eigenvalue weighted by molar-refractivity contribution is 0.282. The summed E-state index contributed by atoms with van der Waals surface area (Å²) in [6.07, 6.45) is 5.71. The molecule has 6 nitrogen and oxygen atoms in total. The molecule has 0 radical (unpaired) electrons. The molecule has 21 heavy (non-hydrogen) atoms. The minimum Gasteiger partial charge on any atom is -0.447 e. The average Bonchev–Trinajstić information content (AvgIpc) is 3.16. The van der Waals surface area contributed by atoms with Crippen molar-refractivity contribution in [1.29, 1.82) is 0 Å². The van der Waals surface area contributed by atoms with Gasteiger partial charge in [0.25, 0.3) is 10.0 Å². The third-order valence-electron chi connectivity index (χ3n) is 3.42. The topological polar surface area (TPSA) is 91.6 Å². The normalized spacial score (nSPS) is 15.5. The number of nitrogens with one attached hydrogen (secondary N) is 2. The lowest BCUT2D eigenvalue weighted by Gasteiger charge is -2.04. The van der Waals surface area contributed by atoms with Crippen LogP contribution in [0.4, 0.5) is 0 Å². The highest BCUT2D eigenvalue weighted by atomic mass is 32.2. The van der Waals surface area contributed by atoms with Crippen LogP contribution in [-0.2, 0) is 16.6 Å². The van der Waals surface area contributed by atoms with E-state index in [0.717, 1.165) is 25.7 Å². The highest BCUT2D eigenvalue weighted by Gasteiger charge is 2.22. The molecule has 0 amide bonds. The fourth-order valence-corrected chi connectivity index (χ4v) is 3.02. The number of sulfonamides is 1. The minimum atomic E-state index is -3.55. The van der Waals surface area contributed by atoms with E-state index in [9.17, 15) is 8.42 Å². The predicted molar refractivity (Wildman–Crippen MR) is 79.3 cm³/mol. The fraction of sp³-hybridized carbons (Fsp3) is 0.714. The second-order valence-corrected chi connectivity index (χ2v) is 7.11. The first-order chi connectivity index (χ1) is 10.1. The molecule has 1 aliphatic carbocycles. The Kier molecular flexibility index (Phi) is 6.22. The van der Waals surface area contributed by atoms with Crippen LogP contribution in [0, 0.1) is 0 Å². The maximum Gasteiger partial charge on any atom is 0.273 e.